The Morgan fingerprint density at radius 1 is 1.24 bits per heavy atom. The van der Waals surface area contributed by atoms with Crippen molar-refractivity contribution in [3.05, 3.63) is 71.6 Å². The van der Waals surface area contributed by atoms with Crippen LogP contribution in [0.1, 0.15) is 24.4 Å². The van der Waals surface area contributed by atoms with E-state index in [1.54, 1.807) is 40.2 Å². The molecule has 4 rings (SSSR count). The number of fused-ring (bicyclic) bond motifs is 1. The van der Waals surface area contributed by atoms with Gasteiger partial charge in [0.25, 0.3) is 0 Å². The molecule has 6 nitrogen and oxygen atoms in total. The number of pyridine rings is 1. The second-order valence-corrected chi connectivity index (χ2v) is 5.87. The van der Waals surface area contributed by atoms with Gasteiger partial charge in [-0.1, -0.05) is 18.2 Å². The minimum atomic E-state index is -0.529. The van der Waals surface area contributed by atoms with E-state index in [1.165, 1.54) is 6.07 Å². The van der Waals surface area contributed by atoms with Gasteiger partial charge in [0.2, 0.25) is 6.23 Å². The summed E-state index contributed by atoms with van der Waals surface area (Å²) in [6.07, 6.45) is 2.74. The summed E-state index contributed by atoms with van der Waals surface area (Å²) < 4.78 is 21.4. The number of aliphatic hydroxyl groups is 1. The Balaban J connectivity index is 1.78. The summed E-state index contributed by atoms with van der Waals surface area (Å²) in [7, 11) is 0. The van der Waals surface area contributed by atoms with Crippen LogP contribution in [-0.2, 0) is 11.3 Å². The second-order valence-electron chi connectivity index (χ2n) is 5.87. The standard InChI is InChI=1S/C18H17FN4O2/c1-12-10-25-18(22(12)11-24)16-14-6-4-8-20-17(14)23(21-16)9-13-5-2-3-7-15(13)19/h2-8,10,18,24H,9,11H2,1H3. The molecule has 1 unspecified atom stereocenters. The van der Waals surface area contributed by atoms with Crippen molar-refractivity contribution in [3.8, 4) is 0 Å². The molecule has 0 aliphatic carbocycles. The lowest BCUT2D eigenvalue weighted by Crippen LogP contribution is -2.25. The molecule has 1 aromatic carbocycles. The predicted molar refractivity (Wildman–Crippen MR) is 89.5 cm³/mol. The van der Waals surface area contributed by atoms with Gasteiger partial charge in [0.05, 0.1) is 12.2 Å². The largest absolute Gasteiger partial charge is 0.470 e. The first-order valence-corrected chi connectivity index (χ1v) is 7.93. The summed E-state index contributed by atoms with van der Waals surface area (Å²) in [5.74, 6) is -0.282. The normalized spacial score (nSPS) is 17.0. The van der Waals surface area contributed by atoms with Crippen molar-refractivity contribution in [1.82, 2.24) is 19.7 Å². The zero-order valence-corrected chi connectivity index (χ0v) is 13.6. The molecule has 0 fully saturated rings. The maximum atomic E-state index is 14.0. The van der Waals surface area contributed by atoms with E-state index in [1.807, 2.05) is 19.1 Å². The van der Waals surface area contributed by atoms with Gasteiger partial charge in [0, 0.05) is 17.1 Å². The number of hydrogen-bond acceptors (Lipinski definition) is 5. The molecule has 128 valence electrons. The molecule has 3 heterocycles. The fraction of sp³-hybridized carbons (Fsp3) is 0.222. The number of aliphatic hydroxyl groups excluding tert-OH is 1. The van der Waals surface area contributed by atoms with Crippen molar-refractivity contribution in [2.75, 3.05) is 6.73 Å². The van der Waals surface area contributed by atoms with Crippen LogP contribution in [-0.4, -0.2) is 31.5 Å². The first kappa shape index (κ1) is 15.6. The quantitative estimate of drug-likeness (QED) is 0.791. The summed E-state index contributed by atoms with van der Waals surface area (Å²) in [5.41, 5.74) is 2.63. The molecule has 0 bridgehead atoms. The van der Waals surface area contributed by atoms with Gasteiger partial charge in [-0.3, -0.25) is 0 Å². The Hall–Kier alpha value is -2.93. The van der Waals surface area contributed by atoms with E-state index in [-0.39, 0.29) is 19.1 Å². The Morgan fingerprint density at radius 2 is 2.08 bits per heavy atom. The number of aromatic nitrogens is 3. The average Bonchev–Trinajstić information content (AvgIpc) is 3.17. The fourth-order valence-corrected chi connectivity index (χ4v) is 3.00. The molecule has 1 N–H and O–H groups in total. The molecule has 0 radical (unpaired) electrons. The van der Waals surface area contributed by atoms with Crippen LogP contribution in [0.3, 0.4) is 0 Å². The molecule has 2 aromatic heterocycles. The lowest BCUT2D eigenvalue weighted by atomic mass is 10.2. The lowest BCUT2D eigenvalue weighted by Gasteiger charge is -2.22. The number of halogens is 1. The van der Waals surface area contributed by atoms with Gasteiger partial charge in [0.15, 0.2) is 5.65 Å². The predicted octanol–water partition coefficient (Wildman–Crippen LogP) is 2.76. The Bertz CT molecular complexity index is 953. The highest BCUT2D eigenvalue weighted by Crippen LogP contribution is 2.34. The third-order valence-electron chi connectivity index (χ3n) is 4.30. The van der Waals surface area contributed by atoms with Gasteiger partial charge in [0.1, 0.15) is 24.5 Å². The van der Waals surface area contributed by atoms with Crippen molar-refractivity contribution in [3.63, 3.8) is 0 Å². The molecule has 7 heteroatoms. The number of nitrogens with zero attached hydrogens (tertiary/aromatic N) is 4. The highest BCUT2D eigenvalue weighted by atomic mass is 19.1. The molecule has 25 heavy (non-hydrogen) atoms. The zero-order chi connectivity index (χ0) is 17.4. The summed E-state index contributed by atoms with van der Waals surface area (Å²) in [6, 6.07) is 10.3. The van der Waals surface area contributed by atoms with Crippen molar-refractivity contribution < 1.29 is 14.2 Å². The molecule has 3 aromatic rings. The molecule has 1 aliphatic heterocycles. The third kappa shape index (κ3) is 2.62. The van der Waals surface area contributed by atoms with Crippen LogP contribution in [0.25, 0.3) is 11.0 Å². The van der Waals surface area contributed by atoms with Crippen molar-refractivity contribution in [2.45, 2.75) is 19.7 Å². The van der Waals surface area contributed by atoms with E-state index in [2.05, 4.69) is 10.1 Å². The monoisotopic (exact) mass is 340 g/mol. The molecule has 0 saturated heterocycles. The smallest absolute Gasteiger partial charge is 0.219 e. The molecule has 0 saturated carbocycles. The summed E-state index contributed by atoms with van der Waals surface area (Å²) in [6.45, 7) is 1.93. The molecule has 0 spiro atoms. The zero-order valence-electron chi connectivity index (χ0n) is 13.6. The van der Waals surface area contributed by atoms with Gasteiger partial charge >= 0.3 is 0 Å². The number of allylic oxidation sites excluding steroid dienone is 1. The lowest BCUT2D eigenvalue weighted by molar-refractivity contribution is -0.00106. The summed E-state index contributed by atoms with van der Waals surface area (Å²) >= 11 is 0. The van der Waals surface area contributed by atoms with E-state index in [0.717, 1.165) is 11.1 Å². The number of benzene rings is 1. The highest BCUT2D eigenvalue weighted by Gasteiger charge is 2.31. The SMILES string of the molecule is CC1=COC(c2nn(Cc3ccccc3F)c3ncccc23)N1CO. The second kappa shape index (κ2) is 6.18. The van der Waals surface area contributed by atoms with Crippen LogP contribution >= 0.6 is 0 Å². The maximum absolute atomic E-state index is 14.0. The number of hydrogen-bond donors (Lipinski definition) is 1. The fourth-order valence-electron chi connectivity index (χ4n) is 3.00. The van der Waals surface area contributed by atoms with E-state index >= 15 is 0 Å². The summed E-state index contributed by atoms with van der Waals surface area (Å²) in [5, 5.41) is 15.1. The first-order chi connectivity index (χ1) is 12.2. The van der Waals surface area contributed by atoms with Crippen LogP contribution < -0.4 is 0 Å². The van der Waals surface area contributed by atoms with Gasteiger partial charge < -0.3 is 14.7 Å². The van der Waals surface area contributed by atoms with E-state index in [0.29, 0.717) is 16.9 Å². The van der Waals surface area contributed by atoms with E-state index in [9.17, 15) is 9.50 Å². The molecule has 1 aliphatic rings. The minimum Gasteiger partial charge on any atom is -0.470 e. The maximum Gasteiger partial charge on any atom is 0.219 e. The Labute approximate surface area is 143 Å². The van der Waals surface area contributed by atoms with E-state index in [4.69, 9.17) is 4.74 Å². The average molecular weight is 340 g/mol. The van der Waals surface area contributed by atoms with Crippen LogP contribution in [0.2, 0.25) is 0 Å². The van der Waals surface area contributed by atoms with Crippen molar-refractivity contribution >= 4 is 11.0 Å². The Morgan fingerprint density at radius 3 is 2.88 bits per heavy atom. The van der Waals surface area contributed by atoms with Crippen molar-refractivity contribution in [1.29, 1.82) is 0 Å². The van der Waals surface area contributed by atoms with Crippen molar-refractivity contribution in [2.24, 2.45) is 0 Å². The van der Waals surface area contributed by atoms with Gasteiger partial charge in [-0.25, -0.2) is 14.1 Å². The first-order valence-electron chi connectivity index (χ1n) is 7.93. The highest BCUT2D eigenvalue weighted by molar-refractivity contribution is 5.78. The van der Waals surface area contributed by atoms with Gasteiger partial charge in [-0.15, -0.1) is 0 Å². The minimum absolute atomic E-state index is 0.186. The molecular formula is C18H17FN4O2. The molecule has 1 atom stereocenters. The number of rotatable bonds is 4. The third-order valence-corrected chi connectivity index (χ3v) is 4.30. The number of ether oxygens (including phenoxy) is 1. The topological polar surface area (TPSA) is 63.4 Å². The van der Waals surface area contributed by atoms with Crippen LogP contribution in [0.5, 0.6) is 0 Å². The van der Waals surface area contributed by atoms with Crippen LogP contribution in [0.15, 0.2) is 54.6 Å². The molecule has 0 amide bonds. The van der Waals surface area contributed by atoms with Gasteiger partial charge in [-0.2, -0.15) is 5.10 Å². The van der Waals surface area contributed by atoms with Gasteiger partial charge in [-0.05, 0) is 25.1 Å². The van der Waals surface area contributed by atoms with E-state index < -0.39 is 6.23 Å². The van der Waals surface area contributed by atoms with Crippen LogP contribution in [0, 0.1) is 5.82 Å². The van der Waals surface area contributed by atoms with Crippen LogP contribution in [0.4, 0.5) is 4.39 Å². The summed E-state index contributed by atoms with van der Waals surface area (Å²) in [4.78, 5) is 6.09. The Kier molecular flexibility index (Phi) is 3.85. The molecular weight excluding hydrogens is 323 g/mol.